The van der Waals surface area contributed by atoms with Crippen molar-refractivity contribution in [3.05, 3.63) is 29.0 Å². The molecule has 0 amide bonds. The number of pyridine rings is 1. The van der Waals surface area contributed by atoms with Gasteiger partial charge in [-0.3, -0.25) is 4.98 Å². The van der Waals surface area contributed by atoms with E-state index in [9.17, 15) is 0 Å². The molecule has 0 saturated carbocycles. The quantitative estimate of drug-likeness (QED) is 0.779. The lowest BCUT2D eigenvalue weighted by atomic mass is 10.1. The molecule has 2 rings (SSSR count). The molecule has 78 valence electrons. The molecule has 0 N–H and O–H groups in total. The van der Waals surface area contributed by atoms with E-state index in [1.165, 1.54) is 0 Å². The van der Waals surface area contributed by atoms with Crippen molar-refractivity contribution in [2.24, 2.45) is 0 Å². The van der Waals surface area contributed by atoms with Gasteiger partial charge in [0.25, 0.3) is 0 Å². The number of rotatable bonds is 2. The minimum absolute atomic E-state index is 0.468. The molecule has 3 nitrogen and oxygen atoms in total. The van der Waals surface area contributed by atoms with Gasteiger partial charge >= 0.3 is 0 Å². The number of hydrogen-bond acceptors (Lipinski definition) is 4. The molecule has 0 atom stereocenters. The Morgan fingerprint density at radius 3 is 2.47 bits per heavy atom. The highest BCUT2D eigenvalue weighted by Crippen LogP contribution is 2.23. The molecular weight excluding hydrogens is 206 g/mol. The molecule has 0 aromatic carbocycles. The second-order valence-electron chi connectivity index (χ2n) is 3.75. The summed E-state index contributed by atoms with van der Waals surface area (Å²) in [6, 6.07) is 4.11. The zero-order valence-corrected chi connectivity index (χ0v) is 9.88. The van der Waals surface area contributed by atoms with Crippen LogP contribution in [0.4, 0.5) is 0 Å². The van der Waals surface area contributed by atoms with E-state index >= 15 is 0 Å². The number of hydrogen-bond donors (Lipinski definition) is 0. The lowest BCUT2D eigenvalue weighted by Crippen LogP contribution is -1.91. The topological polar surface area (TPSA) is 38.7 Å². The molecule has 0 aliphatic rings. The van der Waals surface area contributed by atoms with Crippen molar-refractivity contribution in [3.63, 3.8) is 0 Å². The van der Waals surface area contributed by atoms with E-state index in [2.05, 4.69) is 41.2 Å². The van der Waals surface area contributed by atoms with Crippen molar-refractivity contribution in [2.75, 3.05) is 0 Å². The molecule has 15 heavy (non-hydrogen) atoms. The predicted molar refractivity (Wildman–Crippen MR) is 62.0 cm³/mol. The van der Waals surface area contributed by atoms with Crippen LogP contribution in [0.25, 0.3) is 10.6 Å². The van der Waals surface area contributed by atoms with Gasteiger partial charge < -0.3 is 0 Å². The average molecular weight is 219 g/mol. The molecule has 0 saturated heterocycles. The lowest BCUT2D eigenvalue weighted by Gasteiger charge is -2.03. The molecule has 0 bridgehead atoms. The van der Waals surface area contributed by atoms with Gasteiger partial charge in [-0.2, -0.15) is 0 Å². The fourth-order valence-corrected chi connectivity index (χ4v) is 1.97. The first kappa shape index (κ1) is 10.2. The van der Waals surface area contributed by atoms with Gasteiger partial charge in [-0.25, -0.2) is 0 Å². The summed E-state index contributed by atoms with van der Waals surface area (Å²) in [7, 11) is 0. The van der Waals surface area contributed by atoms with Gasteiger partial charge in [0.2, 0.25) is 0 Å². The minimum Gasteiger partial charge on any atom is -0.260 e. The highest BCUT2D eigenvalue weighted by Gasteiger charge is 2.05. The molecule has 2 aromatic heterocycles. The molecule has 0 fully saturated rings. The van der Waals surface area contributed by atoms with Crippen molar-refractivity contribution in [1.29, 1.82) is 0 Å². The Balaban J connectivity index is 2.31. The van der Waals surface area contributed by atoms with Gasteiger partial charge in [0.1, 0.15) is 10.0 Å². The van der Waals surface area contributed by atoms with E-state index in [0.717, 1.165) is 21.3 Å². The Morgan fingerprint density at radius 2 is 2.00 bits per heavy atom. The fourth-order valence-electron chi connectivity index (χ4n) is 1.29. The maximum Gasteiger partial charge on any atom is 0.149 e. The van der Waals surface area contributed by atoms with Crippen LogP contribution in [0.5, 0.6) is 0 Å². The van der Waals surface area contributed by atoms with Gasteiger partial charge in [-0.05, 0) is 25.0 Å². The van der Waals surface area contributed by atoms with E-state index in [0.29, 0.717) is 5.92 Å². The van der Waals surface area contributed by atoms with Crippen LogP contribution in [0.1, 0.15) is 30.5 Å². The zero-order valence-electron chi connectivity index (χ0n) is 9.06. The van der Waals surface area contributed by atoms with E-state index < -0.39 is 0 Å². The Morgan fingerprint density at radius 1 is 1.20 bits per heavy atom. The Bertz CT molecular complexity index is 445. The van der Waals surface area contributed by atoms with Gasteiger partial charge in [0.05, 0.1) is 0 Å². The van der Waals surface area contributed by atoms with Gasteiger partial charge in [0.15, 0.2) is 0 Å². The van der Waals surface area contributed by atoms with E-state index in [4.69, 9.17) is 0 Å². The molecule has 4 heteroatoms. The maximum atomic E-state index is 4.40. The van der Waals surface area contributed by atoms with Crippen LogP contribution < -0.4 is 0 Å². The SMILES string of the molecule is Cc1nnc(-c2ccc(C(C)C)nc2)s1. The molecule has 0 unspecified atom stereocenters. The standard InChI is InChI=1S/C11H13N3S/c1-7(2)10-5-4-9(6-12-10)11-14-13-8(3)15-11/h4-7H,1-3H3. The lowest BCUT2D eigenvalue weighted by molar-refractivity contribution is 0.823. The second kappa shape index (κ2) is 4.06. The monoisotopic (exact) mass is 219 g/mol. The van der Waals surface area contributed by atoms with Crippen LogP contribution in [0.15, 0.2) is 18.3 Å². The summed E-state index contributed by atoms with van der Waals surface area (Å²) in [4.78, 5) is 4.40. The van der Waals surface area contributed by atoms with Gasteiger partial charge in [0, 0.05) is 17.5 Å². The first-order chi connectivity index (χ1) is 7.16. The van der Waals surface area contributed by atoms with Crippen molar-refractivity contribution in [3.8, 4) is 10.6 Å². The number of aromatic nitrogens is 3. The van der Waals surface area contributed by atoms with Crippen molar-refractivity contribution in [2.45, 2.75) is 26.7 Å². The summed E-state index contributed by atoms with van der Waals surface area (Å²) in [5.74, 6) is 0.468. The summed E-state index contributed by atoms with van der Waals surface area (Å²) in [5, 5.41) is 10.0. The first-order valence-electron chi connectivity index (χ1n) is 4.93. The van der Waals surface area contributed by atoms with E-state index in [-0.39, 0.29) is 0 Å². The third-order valence-corrected chi connectivity index (χ3v) is 3.04. The number of aryl methyl sites for hydroxylation is 1. The highest BCUT2D eigenvalue weighted by molar-refractivity contribution is 7.14. The van der Waals surface area contributed by atoms with E-state index in [1.54, 1.807) is 11.3 Å². The van der Waals surface area contributed by atoms with Crippen LogP contribution in [-0.4, -0.2) is 15.2 Å². The summed E-state index contributed by atoms with van der Waals surface area (Å²) in [6.45, 7) is 6.23. The highest BCUT2D eigenvalue weighted by atomic mass is 32.1. The summed E-state index contributed by atoms with van der Waals surface area (Å²) >= 11 is 1.59. The van der Waals surface area contributed by atoms with E-state index in [1.807, 2.05) is 13.1 Å². The normalized spacial score (nSPS) is 10.9. The number of nitrogens with zero attached hydrogens (tertiary/aromatic N) is 3. The average Bonchev–Trinajstić information content (AvgIpc) is 2.65. The maximum absolute atomic E-state index is 4.40. The van der Waals surface area contributed by atoms with Crippen molar-refractivity contribution in [1.82, 2.24) is 15.2 Å². The predicted octanol–water partition coefficient (Wildman–Crippen LogP) is 3.03. The molecule has 0 aliphatic carbocycles. The zero-order chi connectivity index (χ0) is 10.8. The first-order valence-corrected chi connectivity index (χ1v) is 5.75. The van der Waals surface area contributed by atoms with Crippen LogP contribution >= 0.6 is 11.3 Å². The Kier molecular flexibility index (Phi) is 2.77. The van der Waals surface area contributed by atoms with Crippen molar-refractivity contribution < 1.29 is 0 Å². The van der Waals surface area contributed by atoms with Crippen LogP contribution in [0.3, 0.4) is 0 Å². The molecule has 0 spiro atoms. The molecule has 2 aromatic rings. The fraction of sp³-hybridized carbons (Fsp3) is 0.364. The second-order valence-corrected chi connectivity index (χ2v) is 4.93. The Hall–Kier alpha value is -1.29. The molecule has 0 radical (unpaired) electrons. The largest absolute Gasteiger partial charge is 0.260 e. The van der Waals surface area contributed by atoms with Gasteiger partial charge in [-0.15, -0.1) is 10.2 Å². The third kappa shape index (κ3) is 2.21. The summed E-state index contributed by atoms with van der Waals surface area (Å²) < 4.78 is 0. The summed E-state index contributed by atoms with van der Waals surface area (Å²) in [6.07, 6.45) is 1.87. The minimum atomic E-state index is 0.468. The molecular formula is C11H13N3S. The smallest absolute Gasteiger partial charge is 0.149 e. The molecule has 0 aliphatic heterocycles. The van der Waals surface area contributed by atoms with Crippen molar-refractivity contribution >= 4 is 11.3 Å². The van der Waals surface area contributed by atoms with Gasteiger partial charge in [-0.1, -0.05) is 25.2 Å². The Labute approximate surface area is 93.2 Å². The molecule has 2 heterocycles. The third-order valence-electron chi connectivity index (χ3n) is 2.15. The van der Waals surface area contributed by atoms with Crippen LogP contribution in [0.2, 0.25) is 0 Å². The van der Waals surface area contributed by atoms with Crippen LogP contribution in [-0.2, 0) is 0 Å². The van der Waals surface area contributed by atoms with Crippen LogP contribution in [0, 0.1) is 6.92 Å². The summed E-state index contributed by atoms with van der Waals surface area (Å²) in [5.41, 5.74) is 2.16.